The van der Waals surface area contributed by atoms with Crippen molar-refractivity contribution in [2.24, 2.45) is 7.05 Å². The van der Waals surface area contributed by atoms with Crippen LogP contribution in [0, 0.1) is 0 Å². The van der Waals surface area contributed by atoms with Crippen LogP contribution in [-0.4, -0.2) is 13.0 Å². The lowest BCUT2D eigenvalue weighted by Crippen LogP contribution is -2.16. The number of rotatable bonds is 3. The standard InChI is InChI=1S/C16H14N2O3S/c1-18-10-9-12-11-13(7-8-15(12)16(18)19)17-22(20,21)14-5-3-2-4-6-14/h2-11,17H,1H3. The molecule has 112 valence electrons. The number of pyridine rings is 1. The molecule has 5 nitrogen and oxygen atoms in total. The number of nitrogens with zero attached hydrogens (tertiary/aromatic N) is 1. The van der Waals surface area contributed by atoms with Crippen LogP contribution in [0.1, 0.15) is 0 Å². The number of aromatic nitrogens is 1. The van der Waals surface area contributed by atoms with Gasteiger partial charge in [0.25, 0.3) is 15.6 Å². The highest BCUT2D eigenvalue weighted by molar-refractivity contribution is 7.92. The molecule has 0 aliphatic heterocycles. The summed E-state index contributed by atoms with van der Waals surface area (Å²) in [6, 6.07) is 14.8. The zero-order valence-electron chi connectivity index (χ0n) is 11.9. The van der Waals surface area contributed by atoms with Gasteiger partial charge in [-0.1, -0.05) is 18.2 Å². The van der Waals surface area contributed by atoms with Crippen molar-refractivity contribution in [3.8, 4) is 0 Å². The highest BCUT2D eigenvalue weighted by Gasteiger charge is 2.13. The van der Waals surface area contributed by atoms with Gasteiger partial charge in [0, 0.05) is 24.3 Å². The van der Waals surface area contributed by atoms with E-state index in [-0.39, 0.29) is 10.5 Å². The maximum atomic E-state index is 12.3. The Balaban J connectivity index is 2.02. The van der Waals surface area contributed by atoms with Gasteiger partial charge in [-0.05, 0) is 41.8 Å². The minimum atomic E-state index is -3.63. The van der Waals surface area contributed by atoms with Crippen LogP contribution in [0.3, 0.4) is 0 Å². The van der Waals surface area contributed by atoms with Crippen LogP contribution in [0.15, 0.2) is 70.5 Å². The van der Waals surface area contributed by atoms with Crippen molar-refractivity contribution >= 4 is 26.5 Å². The molecule has 6 heteroatoms. The van der Waals surface area contributed by atoms with Gasteiger partial charge in [-0.2, -0.15) is 0 Å². The topological polar surface area (TPSA) is 68.2 Å². The summed E-state index contributed by atoms with van der Waals surface area (Å²) in [6.07, 6.45) is 1.65. The Labute approximate surface area is 127 Å². The molecule has 0 saturated heterocycles. The molecule has 1 heterocycles. The first-order valence-corrected chi connectivity index (χ1v) is 8.13. The molecule has 22 heavy (non-hydrogen) atoms. The van der Waals surface area contributed by atoms with Crippen LogP contribution in [-0.2, 0) is 17.1 Å². The molecule has 0 atom stereocenters. The highest BCUT2D eigenvalue weighted by atomic mass is 32.2. The summed E-state index contributed by atoms with van der Waals surface area (Å²) in [4.78, 5) is 12.2. The van der Waals surface area contributed by atoms with Crippen LogP contribution in [0.2, 0.25) is 0 Å². The zero-order chi connectivity index (χ0) is 15.7. The predicted molar refractivity (Wildman–Crippen MR) is 86.4 cm³/mol. The number of sulfonamides is 1. The second-order valence-corrected chi connectivity index (χ2v) is 6.63. The second kappa shape index (κ2) is 5.31. The molecule has 1 aromatic heterocycles. The molecular formula is C16H14N2O3S. The average molecular weight is 314 g/mol. The van der Waals surface area contributed by atoms with Gasteiger partial charge in [0.05, 0.1) is 4.90 Å². The number of benzene rings is 2. The van der Waals surface area contributed by atoms with E-state index in [2.05, 4.69) is 4.72 Å². The van der Waals surface area contributed by atoms with Gasteiger partial charge in [-0.25, -0.2) is 8.42 Å². The van der Waals surface area contributed by atoms with Gasteiger partial charge in [0.1, 0.15) is 0 Å². The largest absolute Gasteiger partial charge is 0.318 e. The second-order valence-electron chi connectivity index (χ2n) is 4.95. The number of hydrogen-bond donors (Lipinski definition) is 1. The van der Waals surface area contributed by atoms with Gasteiger partial charge in [-0.15, -0.1) is 0 Å². The van der Waals surface area contributed by atoms with Crippen LogP contribution < -0.4 is 10.3 Å². The number of hydrogen-bond acceptors (Lipinski definition) is 3. The number of anilines is 1. The molecule has 0 unspecified atom stereocenters. The molecule has 3 rings (SSSR count). The third kappa shape index (κ3) is 2.60. The van der Waals surface area contributed by atoms with E-state index in [0.29, 0.717) is 16.5 Å². The van der Waals surface area contributed by atoms with E-state index < -0.39 is 10.0 Å². The Morgan fingerprint density at radius 1 is 1.00 bits per heavy atom. The summed E-state index contributed by atoms with van der Waals surface area (Å²) < 4.78 is 28.6. The third-order valence-electron chi connectivity index (χ3n) is 3.39. The summed E-state index contributed by atoms with van der Waals surface area (Å²) in [5.74, 6) is 0. The molecule has 0 spiro atoms. The van der Waals surface area contributed by atoms with Gasteiger partial charge < -0.3 is 4.57 Å². The smallest absolute Gasteiger partial charge is 0.261 e. The summed E-state index contributed by atoms with van der Waals surface area (Å²) in [7, 11) is -1.96. The van der Waals surface area contributed by atoms with E-state index in [1.165, 1.54) is 16.7 Å². The first kappa shape index (κ1) is 14.3. The van der Waals surface area contributed by atoms with Gasteiger partial charge >= 0.3 is 0 Å². The van der Waals surface area contributed by atoms with Crippen LogP contribution in [0.4, 0.5) is 5.69 Å². The van der Waals surface area contributed by atoms with E-state index in [1.807, 2.05) is 0 Å². The van der Waals surface area contributed by atoms with Gasteiger partial charge in [0.2, 0.25) is 0 Å². The number of fused-ring (bicyclic) bond motifs is 1. The highest BCUT2D eigenvalue weighted by Crippen LogP contribution is 2.19. The maximum absolute atomic E-state index is 12.3. The number of nitrogens with one attached hydrogen (secondary N) is 1. The first-order chi connectivity index (χ1) is 10.5. The quantitative estimate of drug-likeness (QED) is 0.807. The molecule has 0 aliphatic rings. The van der Waals surface area contributed by atoms with E-state index in [9.17, 15) is 13.2 Å². The third-order valence-corrected chi connectivity index (χ3v) is 4.78. The van der Waals surface area contributed by atoms with E-state index >= 15 is 0 Å². The van der Waals surface area contributed by atoms with Crippen molar-refractivity contribution in [1.29, 1.82) is 0 Å². The van der Waals surface area contributed by atoms with Crippen LogP contribution in [0.25, 0.3) is 10.8 Å². The van der Waals surface area contributed by atoms with Crippen molar-refractivity contribution in [3.05, 3.63) is 71.1 Å². The van der Waals surface area contributed by atoms with Crippen molar-refractivity contribution in [2.45, 2.75) is 4.90 Å². The zero-order valence-corrected chi connectivity index (χ0v) is 12.7. The van der Waals surface area contributed by atoms with Gasteiger partial charge in [0.15, 0.2) is 0 Å². The van der Waals surface area contributed by atoms with Crippen molar-refractivity contribution in [3.63, 3.8) is 0 Å². The molecule has 0 radical (unpaired) electrons. The fraction of sp³-hybridized carbons (Fsp3) is 0.0625. The lowest BCUT2D eigenvalue weighted by Gasteiger charge is -2.09. The van der Waals surface area contributed by atoms with Crippen LogP contribution in [0.5, 0.6) is 0 Å². The van der Waals surface area contributed by atoms with E-state index in [4.69, 9.17) is 0 Å². The minimum absolute atomic E-state index is 0.116. The summed E-state index contributed by atoms with van der Waals surface area (Å²) >= 11 is 0. The Morgan fingerprint density at radius 2 is 1.73 bits per heavy atom. The predicted octanol–water partition coefficient (Wildman–Crippen LogP) is 2.34. The van der Waals surface area contributed by atoms with Crippen molar-refractivity contribution < 1.29 is 8.42 Å². The molecule has 3 aromatic rings. The Bertz CT molecular complexity index is 993. The van der Waals surface area contributed by atoms with Crippen molar-refractivity contribution in [1.82, 2.24) is 4.57 Å². The number of aryl methyl sites for hydroxylation is 1. The van der Waals surface area contributed by atoms with E-state index in [0.717, 1.165) is 0 Å². The SMILES string of the molecule is Cn1ccc2cc(NS(=O)(=O)c3ccccc3)ccc2c1=O. The lowest BCUT2D eigenvalue weighted by atomic mass is 10.1. The molecule has 0 saturated carbocycles. The first-order valence-electron chi connectivity index (χ1n) is 6.65. The summed E-state index contributed by atoms with van der Waals surface area (Å²) in [6.45, 7) is 0. The normalized spacial score (nSPS) is 11.5. The Morgan fingerprint density at radius 3 is 2.45 bits per heavy atom. The fourth-order valence-electron chi connectivity index (χ4n) is 2.22. The maximum Gasteiger partial charge on any atom is 0.261 e. The average Bonchev–Trinajstić information content (AvgIpc) is 2.52. The monoisotopic (exact) mass is 314 g/mol. The molecule has 2 aromatic carbocycles. The van der Waals surface area contributed by atoms with Crippen molar-refractivity contribution in [2.75, 3.05) is 4.72 Å². The van der Waals surface area contributed by atoms with Crippen LogP contribution >= 0.6 is 0 Å². The minimum Gasteiger partial charge on any atom is -0.318 e. The summed E-state index contributed by atoms with van der Waals surface area (Å²) in [5.41, 5.74) is 0.305. The lowest BCUT2D eigenvalue weighted by molar-refractivity contribution is 0.601. The Hall–Kier alpha value is -2.60. The molecule has 1 N–H and O–H groups in total. The molecular weight excluding hydrogens is 300 g/mol. The molecule has 0 fully saturated rings. The van der Waals surface area contributed by atoms with E-state index in [1.54, 1.807) is 55.7 Å². The fourth-order valence-corrected chi connectivity index (χ4v) is 3.29. The molecule has 0 aliphatic carbocycles. The molecule has 0 bridgehead atoms. The Kier molecular flexibility index (Phi) is 3.46. The van der Waals surface area contributed by atoms with Gasteiger partial charge in [-0.3, -0.25) is 9.52 Å². The summed E-state index contributed by atoms with van der Waals surface area (Å²) in [5, 5.41) is 1.24. The molecule has 0 amide bonds.